The molecule has 1 atom stereocenters. The van der Waals surface area contributed by atoms with Gasteiger partial charge >= 0.3 is 0 Å². The number of amides is 1. The monoisotopic (exact) mass is 280 g/mol. The molecule has 110 valence electrons. The van der Waals surface area contributed by atoms with Crippen LogP contribution < -0.4 is 4.74 Å². The van der Waals surface area contributed by atoms with Gasteiger partial charge in [-0.05, 0) is 25.6 Å². The van der Waals surface area contributed by atoms with Crippen molar-refractivity contribution in [1.82, 2.24) is 9.80 Å². The lowest BCUT2D eigenvalue weighted by molar-refractivity contribution is -0.140. The van der Waals surface area contributed by atoms with E-state index in [4.69, 9.17) is 4.74 Å². The maximum Gasteiger partial charge on any atom is 0.263 e. The van der Waals surface area contributed by atoms with Crippen LogP contribution in [0.2, 0.25) is 0 Å². The van der Waals surface area contributed by atoms with Gasteiger partial charge in [0.2, 0.25) is 0 Å². The first kappa shape index (κ1) is 14.8. The SMILES string of the molecule is CC[C@H](Oc1ccccc1F)C(=O)N1CCN(C)CC1. The number of hydrogen-bond acceptors (Lipinski definition) is 3. The van der Waals surface area contributed by atoms with E-state index in [1.807, 2.05) is 14.0 Å². The Morgan fingerprint density at radius 2 is 1.95 bits per heavy atom. The molecule has 0 bridgehead atoms. The van der Waals surface area contributed by atoms with Gasteiger partial charge in [-0.1, -0.05) is 19.1 Å². The summed E-state index contributed by atoms with van der Waals surface area (Å²) in [5.74, 6) is -0.345. The van der Waals surface area contributed by atoms with E-state index >= 15 is 0 Å². The minimum atomic E-state index is -0.615. The number of halogens is 1. The fourth-order valence-corrected chi connectivity index (χ4v) is 2.23. The molecule has 1 aromatic carbocycles. The Morgan fingerprint density at radius 1 is 1.30 bits per heavy atom. The fourth-order valence-electron chi connectivity index (χ4n) is 2.23. The van der Waals surface area contributed by atoms with Crippen molar-refractivity contribution in [2.45, 2.75) is 19.4 Å². The third-order valence-electron chi connectivity index (χ3n) is 3.57. The van der Waals surface area contributed by atoms with Crippen LogP contribution in [-0.2, 0) is 4.79 Å². The second kappa shape index (κ2) is 6.70. The van der Waals surface area contributed by atoms with E-state index in [0.29, 0.717) is 19.5 Å². The van der Waals surface area contributed by atoms with E-state index < -0.39 is 11.9 Å². The summed E-state index contributed by atoms with van der Waals surface area (Å²) < 4.78 is 19.1. The summed E-state index contributed by atoms with van der Waals surface area (Å²) >= 11 is 0. The average molecular weight is 280 g/mol. The van der Waals surface area contributed by atoms with E-state index in [1.54, 1.807) is 23.1 Å². The van der Waals surface area contributed by atoms with Crippen molar-refractivity contribution >= 4 is 5.91 Å². The summed E-state index contributed by atoms with van der Waals surface area (Å²) in [6, 6.07) is 6.19. The lowest BCUT2D eigenvalue weighted by Gasteiger charge is -2.34. The van der Waals surface area contributed by atoms with Crippen LogP contribution in [0, 0.1) is 5.82 Å². The molecule has 1 fully saturated rings. The van der Waals surface area contributed by atoms with Crippen molar-refractivity contribution in [1.29, 1.82) is 0 Å². The third kappa shape index (κ3) is 3.48. The number of likely N-dealkylation sites (N-methyl/N-ethyl adjacent to an activating group) is 1. The molecule has 1 aromatic rings. The molecule has 1 aliphatic rings. The normalized spacial score (nSPS) is 17.9. The van der Waals surface area contributed by atoms with Crippen LogP contribution in [0.3, 0.4) is 0 Å². The van der Waals surface area contributed by atoms with Crippen LogP contribution in [0.15, 0.2) is 24.3 Å². The number of piperazine rings is 1. The highest BCUT2D eigenvalue weighted by molar-refractivity contribution is 5.81. The highest BCUT2D eigenvalue weighted by Gasteiger charge is 2.27. The fraction of sp³-hybridized carbons (Fsp3) is 0.533. The van der Waals surface area contributed by atoms with E-state index in [1.165, 1.54) is 6.07 Å². The van der Waals surface area contributed by atoms with Crippen LogP contribution in [0.5, 0.6) is 5.75 Å². The topological polar surface area (TPSA) is 32.8 Å². The Morgan fingerprint density at radius 3 is 2.55 bits per heavy atom. The van der Waals surface area contributed by atoms with Gasteiger partial charge in [-0.2, -0.15) is 0 Å². The van der Waals surface area contributed by atoms with Gasteiger partial charge < -0.3 is 14.5 Å². The van der Waals surface area contributed by atoms with Crippen LogP contribution in [0.1, 0.15) is 13.3 Å². The van der Waals surface area contributed by atoms with Gasteiger partial charge in [0.25, 0.3) is 5.91 Å². The Balaban J connectivity index is 2.01. The molecular formula is C15H21FN2O2. The van der Waals surface area contributed by atoms with E-state index in [0.717, 1.165) is 13.1 Å². The molecule has 1 amide bonds. The van der Waals surface area contributed by atoms with Gasteiger partial charge in [0.1, 0.15) is 0 Å². The number of ether oxygens (including phenoxy) is 1. The zero-order chi connectivity index (χ0) is 14.5. The molecule has 0 saturated carbocycles. The summed E-state index contributed by atoms with van der Waals surface area (Å²) in [5, 5.41) is 0. The Labute approximate surface area is 119 Å². The average Bonchev–Trinajstić information content (AvgIpc) is 2.46. The van der Waals surface area contributed by atoms with E-state index in [-0.39, 0.29) is 11.7 Å². The second-order valence-corrected chi connectivity index (χ2v) is 5.07. The highest BCUT2D eigenvalue weighted by Crippen LogP contribution is 2.19. The summed E-state index contributed by atoms with van der Waals surface area (Å²) in [7, 11) is 2.04. The molecule has 2 rings (SSSR count). The quantitative estimate of drug-likeness (QED) is 0.842. The molecule has 0 radical (unpaired) electrons. The maximum atomic E-state index is 13.6. The van der Waals surface area contributed by atoms with Crippen molar-refractivity contribution in [3.63, 3.8) is 0 Å². The number of rotatable bonds is 4. The molecule has 20 heavy (non-hydrogen) atoms. The molecule has 0 aliphatic carbocycles. The van der Waals surface area contributed by atoms with Crippen molar-refractivity contribution < 1.29 is 13.9 Å². The zero-order valence-electron chi connectivity index (χ0n) is 12.0. The van der Waals surface area contributed by atoms with Crippen LogP contribution in [0.25, 0.3) is 0 Å². The largest absolute Gasteiger partial charge is 0.478 e. The van der Waals surface area contributed by atoms with Gasteiger partial charge in [-0.3, -0.25) is 4.79 Å². The number of benzene rings is 1. The van der Waals surface area contributed by atoms with Gasteiger partial charge in [0, 0.05) is 26.2 Å². The Hall–Kier alpha value is -1.62. The Bertz CT molecular complexity index is 459. The predicted octanol–water partition coefficient (Wildman–Crippen LogP) is 1.76. The molecule has 5 heteroatoms. The van der Waals surface area contributed by atoms with Crippen molar-refractivity contribution in [3.8, 4) is 5.75 Å². The molecule has 1 aliphatic heterocycles. The molecule has 0 unspecified atom stereocenters. The van der Waals surface area contributed by atoms with Crippen molar-refractivity contribution in [2.75, 3.05) is 33.2 Å². The number of carbonyl (C=O) groups excluding carboxylic acids is 1. The molecular weight excluding hydrogens is 259 g/mol. The molecule has 1 saturated heterocycles. The van der Waals surface area contributed by atoms with Crippen molar-refractivity contribution in [3.05, 3.63) is 30.1 Å². The molecule has 4 nitrogen and oxygen atoms in total. The highest BCUT2D eigenvalue weighted by atomic mass is 19.1. The first-order chi connectivity index (χ1) is 9.61. The number of carbonyl (C=O) groups is 1. The number of para-hydroxylation sites is 1. The Kier molecular flexibility index (Phi) is 4.95. The van der Waals surface area contributed by atoms with Crippen LogP contribution in [-0.4, -0.2) is 55.0 Å². The van der Waals surface area contributed by atoms with Gasteiger partial charge in [0.05, 0.1) is 0 Å². The third-order valence-corrected chi connectivity index (χ3v) is 3.57. The van der Waals surface area contributed by atoms with E-state index in [2.05, 4.69) is 4.90 Å². The number of hydrogen-bond donors (Lipinski definition) is 0. The van der Waals surface area contributed by atoms with E-state index in [9.17, 15) is 9.18 Å². The lowest BCUT2D eigenvalue weighted by atomic mass is 10.2. The minimum absolute atomic E-state index is 0.0520. The number of nitrogens with zero attached hydrogens (tertiary/aromatic N) is 2. The summed E-state index contributed by atoms with van der Waals surface area (Å²) in [6.45, 7) is 5.00. The molecule has 0 N–H and O–H groups in total. The smallest absolute Gasteiger partial charge is 0.263 e. The first-order valence-corrected chi connectivity index (χ1v) is 7.00. The standard InChI is InChI=1S/C15H21FN2O2/c1-3-13(20-14-7-5-4-6-12(14)16)15(19)18-10-8-17(2)9-11-18/h4-7,13H,3,8-11H2,1-2H3/t13-/m0/s1. The lowest BCUT2D eigenvalue weighted by Crippen LogP contribution is -2.51. The first-order valence-electron chi connectivity index (χ1n) is 7.00. The zero-order valence-corrected chi connectivity index (χ0v) is 12.0. The van der Waals surface area contributed by atoms with Gasteiger partial charge in [-0.25, -0.2) is 4.39 Å². The van der Waals surface area contributed by atoms with Gasteiger partial charge in [-0.15, -0.1) is 0 Å². The summed E-state index contributed by atoms with van der Waals surface area (Å²) in [5.41, 5.74) is 0. The second-order valence-electron chi connectivity index (χ2n) is 5.07. The molecule has 1 heterocycles. The molecule has 0 spiro atoms. The van der Waals surface area contributed by atoms with Crippen LogP contribution in [0.4, 0.5) is 4.39 Å². The maximum absolute atomic E-state index is 13.6. The summed E-state index contributed by atoms with van der Waals surface area (Å²) in [4.78, 5) is 16.4. The van der Waals surface area contributed by atoms with Crippen molar-refractivity contribution in [2.24, 2.45) is 0 Å². The summed E-state index contributed by atoms with van der Waals surface area (Å²) in [6.07, 6.45) is -0.0882. The minimum Gasteiger partial charge on any atom is -0.478 e. The molecule has 0 aromatic heterocycles. The van der Waals surface area contributed by atoms with Crippen LogP contribution >= 0.6 is 0 Å². The van der Waals surface area contributed by atoms with Gasteiger partial charge in [0.15, 0.2) is 17.7 Å². The predicted molar refractivity (Wildman–Crippen MR) is 75.2 cm³/mol.